The van der Waals surface area contributed by atoms with Crippen LogP contribution in [-0.2, 0) is 4.74 Å². The third-order valence-electron chi connectivity index (χ3n) is 3.49. The molecule has 2 heterocycles. The molecule has 0 aliphatic carbocycles. The summed E-state index contributed by atoms with van der Waals surface area (Å²) in [6.07, 6.45) is 2.00. The minimum Gasteiger partial charge on any atom is -0.396 e. The molecule has 0 radical (unpaired) electrons. The van der Waals surface area contributed by atoms with Crippen LogP contribution < -0.4 is 16.4 Å². The van der Waals surface area contributed by atoms with Crippen LogP contribution in [0.4, 0.5) is 10.7 Å². The molecule has 6 nitrogen and oxygen atoms in total. The molecule has 1 fully saturated rings. The molecule has 7 heteroatoms. The minimum absolute atomic E-state index is 0.193. The van der Waals surface area contributed by atoms with Crippen molar-refractivity contribution in [2.45, 2.75) is 12.8 Å². The number of primary amides is 1. The second-order valence-electron chi connectivity index (χ2n) is 4.94. The molecule has 108 valence electrons. The Morgan fingerprint density at radius 3 is 2.75 bits per heavy atom. The van der Waals surface area contributed by atoms with Gasteiger partial charge in [0.15, 0.2) is 0 Å². The first-order valence-electron chi connectivity index (χ1n) is 6.45. The van der Waals surface area contributed by atoms with Crippen LogP contribution in [-0.4, -0.2) is 32.7 Å². The first-order chi connectivity index (χ1) is 9.54. The van der Waals surface area contributed by atoms with E-state index in [9.17, 15) is 4.79 Å². The number of nitriles is 1. The molecule has 0 aromatic carbocycles. The second-order valence-corrected chi connectivity index (χ2v) is 5.94. The largest absolute Gasteiger partial charge is 0.396 e. The molecular formula is C13H18N4O2S. The Morgan fingerprint density at radius 2 is 2.20 bits per heavy atom. The van der Waals surface area contributed by atoms with Crippen LogP contribution in [0.2, 0.25) is 0 Å². The Morgan fingerprint density at radius 1 is 1.55 bits per heavy atom. The molecule has 2 rings (SSSR count). The van der Waals surface area contributed by atoms with Crippen LogP contribution in [0.1, 0.15) is 28.1 Å². The van der Waals surface area contributed by atoms with E-state index < -0.39 is 5.91 Å². The lowest BCUT2D eigenvalue weighted by Gasteiger charge is -2.28. The van der Waals surface area contributed by atoms with Gasteiger partial charge in [-0.1, -0.05) is 0 Å². The van der Waals surface area contributed by atoms with Crippen LogP contribution in [0.3, 0.4) is 0 Å². The van der Waals surface area contributed by atoms with Crippen molar-refractivity contribution in [3.05, 3.63) is 10.4 Å². The van der Waals surface area contributed by atoms with E-state index in [0.29, 0.717) is 15.8 Å². The monoisotopic (exact) mass is 294 g/mol. The van der Waals surface area contributed by atoms with Crippen LogP contribution in [0.5, 0.6) is 0 Å². The summed E-state index contributed by atoms with van der Waals surface area (Å²) >= 11 is 1.22. The number of nitrogen functional groups attached to an aromatic ring is 1. The molecule has 1 saturated heterocycles. The Hall–Kier alpha value is -1.78. The summed E-state index contributed by atoms with van der Waals surface area (Å²) in [5, 5.41) is 9.71. The van der Waals surface area contributed by atoms with Crippen molar-refractivity contribution >= 4 is 27.9 Å². The summed E-state index contributed by atoms with van der Waals surface area (Å²) in [4.78, 5) is 13.9. The third kappa shape index (κ3) is 2.86. The third-order valence-corrected chi connectivity index (χ3v) is 4.72. The number of anilines is 2. The van der Waals surface area contributed by atoms with Crippen molar-refractivity contribution in [1.29, 1.82) is 5.26 Å². The molecule has 1 aromatic rings. The number of thiophene rings is 1. The van der Waals surface area contributed by atoms with Crippen molar-refractivity contribution in [2.24, 2.45) is 11.7 Å². The summed E-state index contributed by atoms with van der Waals surface area (Å²) < 4.78 is 5.34. The van der Waals surface area contributed by atoms with Crippen molar-refractivity contribution in [3.63, 3.8) is 0 Å². The highest BCUT2D eigenvalue weighted by molar-refractivity contribution is 7.17. The van der Waals surface area contributed by atoms with Crippen molar-refractivity contribution in [1.82, 2.24) is 0 Å². The van der Waals surface area contributed by atoms with Gasteiger partial charge in [0.2, 0.25) is 0 Å². The number of nitrogens with two attached hydrogens (primary N) is 2. The van der Waals surface area contributed by atoms with Gasteiger partial charge in [-0.25, -0.2) is 0 Å². The van der Waals surface area contributed by atoms with Gasteiger partial charge in [0.05, 0.1) is 11.3 Å². The summed E-state index contributed by atoms with van der Waals surface area (Å²) in [7, 11) is 1.90. The number of ether oxygens (including phenoxy) is 1. The van der Waals surface area contributed by atoms with Gasteiger partial charge >= 0.3 is 0 Å². The normalized spacial score (nSPS) is 15.8. The van der Waals surface area contributed by atoms with E-state index in [0.717, 1.165) is 32.6 Å². The lowest BCUT2D eigenvalue weighted by molar-refractivity contribution is 0.0685. The van der Waals surface area contributed by atoms with Crippen molar-refractivity contribution < 1.29 is 9.53 Å². The highest BCUT2D eigenvalue weighted by Gasteiger charge is 2.24. The number of hydrogen-bond donors (Lipinski definition) is 2. The number of carbonyl (C=O) groups is 1. The molecule has 1 aliphatic heterocycles. The van der Waals surface area contributed by atoms with Gasteiger partial charge in [0.25, 0.3) is 5.91 Å². The summed E-state index contributed by atoms with van der Waals surface area (Å²) in [5.74, 6) is -0.0718. The molecule has 0 saturated carbocycles. The van der Waals surface area contributed by atoms with Gasteiger partial charge in [-0.05, 0) is 18.8 Å². The van der Waals surface area contributed by atoms with Crippen LogP contribution in [0.15, 0.2) is 0 Å². The maximum absolute atomic E-state index is 11.6. The number of rotatable bonds is 4. The molecular weight excluding hydrogens is 276 g/mol. The van der Waals surface area contributed by atoms with Crippen molar-refractivity contribution in [3.8, 4) is 6.07 Å². The molecule has 1 amide bonds. The van der Waals surface area contributed by atoms with E-state index in [2.05, 4.69) is 0 Å². The fraction of sp³-hybridized carbons (Fsp3) is 0.538. The standard InChI is InChI=1S/C13H18N4O2S/c1-17(7-8-2-4-19-5-3-8)13-10(12(16)18)11(15)9(6-14)20-13/h8H,2-5,7,15H2,1H3,(H2,16,18). The topological polar surface area (TPSA) is 105 Å². The van der Waals surface area contributed by atoms with Gasteiger partial charge < -0.3 is 21.1 Å². The van der Waals surface area contributed by atoms with Gasteiger partial charge in [-0.2, -0.15) is 5.26 Å². The maximum atomic E-state index is 11.6. The Labute approximate surface area is 121 Å². The minimum atomic E-state index is -0.589. The second kappa shape index (κ2) is 6.11. The summed E-state index contributed by atoms with van der Waals surface area (Å²) in [6, 6.07) is 2.01. The van der Waals surface area contributed by atoms with E-state index in [-0.39, 0.29) is 11.3 Å². The molecule has 1 aromatic heterocycles. The van der Waals surface area contributed by atoms with E-state index in [1.165, 1.54) is 11.3 Å². The summed E-state index contributed by atoms with van der Waals surface area (Å²) in [6.45, 7) is 2.35. The molecule has 4 N–H and O–H groups in total. The van der Waals surface area contributed by atoms with E-state index in [4.69, 9.17) is 21.5 Å². The molecule has 1 aliphatic rings. The van der Waals surface area contributed by atoms with Gasteiger partial charge in [0.1, 0.15) is 15.9 Å². The molecule has 0 atom stereocenters. The summed E-state index contributed by atoms with van der Waals surface area (Å²) in [5.41, 5.74) is 11.7. The quantitative estimate of drug-likeness (QED) is 0.867. The SMILES string of the molecule is CN(CC1CCOCC1)c1sc(C#N)c(N)c1C(N)=O. The van der Waals surface area contributed by atoms with Gasteiger partial charge in [-0.15, -0.1) is 11.3 Å². The highest BCUT2D eigenvalue weighted by atomic mass is 32.1. The zero-order valence-corrected chi connectivity index (χ0v) is 12.2. The van der Waals surface area contributed by atoms with E-state index >= 15 is 0 Å². The first kappa shape index (κ1) is 14.6. The molecule has 0 unspecified atom stereocenters. The van der Waals surface area contributed by atoms with Crippen LogP contribution >= 0.6 is 11.3 Å². The first-order valence-corrected chi connectivity index (χ1v) is 7.27. The Balaban J connectivity index is 2.22. The zero-order chi connectivity index (χ0) is 14.7. The smallest absolute Gasteiger partial charge is 0.253 e. The number of nitrogens with zero attached hydrogens (tertiary/aromatic N) is 2. The van der Waals surface area contributed by atoms with Crippen molar-refractivity contribution in [2.75, 3.05) is 37.4 Å². The number of carbonyl (C=O) groups excluding carboxylic acids is 1. The lowest BCUT2D eigenvalue weighted by atomic mass is 10.00. The predicted octanol–water partition coefficient (Wildman–Crippen LogP) is 1.16. The maximum Gasteiger partial charge on any atom is 0.253 e. The molecule has 0 bridgehead atoms. The number of hydrogen-bond acceptors (Lipinski definition) is 6. The van der Waals surface area contributed by atoms with Gasteiger partial charge in [-0.3, -0.25) is 4.79 Å². The zero-order valence-electron chi connectivity index (χ0n) is 11.4. The lowest BCUT2D eigenvalue weighted by Crippen LogP contribution is -2.30. The Bertz CT molecular complexity index is 543. The fourth-order valence-electron chi connectivity index (χ4n) is 2.42. The predicted molar refractivity (Wildman–Crippen MR) is 78.8 cm³/mol. The van der Waals surface area contributed by atoms with Crippen LogP contribution in [0.25, 0.3) is 0 Å². The van der Waals surface area contributed by atoms with E-state index in [1.54, 1.807) is 0 Å². The van der Waals surface area contributed by atoms with Crippen LogP contribution in [0, 0.1) is 17.2 Å². The number of amides is 1. The van der Waals surface area contributed by atoms with Gasteiger partial charge in [0, 0.05) is 26.8 Å². The highest BCUT2D eigenvalue weighted by Crippen LogP contribution is 2.37. The fourth-order valence-corrected chi connectivity index (χ4v) is 3.41. The van der Waals surface area contributed by atoms with E-state index in [1.807, 2.05) is 18.0 Å². The molecule has 20 heavy (non-hydrogen) atoms. The molecule has 0 spiro atoms. The Kier molecular flexibility index (Phi) is 4.47. The average molecular weight is 294 g/mol. The average Bonchev–Trinajstić information content (AvgIpc) is 2.77.